The Morgan fingerprint density at radius 1 is 1.50 bits per heavy atom. The van der Waals surface area contributed by atoms with Gasteiger partial charge in [-0.3, -0.25) is 0 Å². The lowest BCUT2D eigenvalue weighted by Crippen LogP contribution is -2.08. The Bertz CT molecular complexity index is 552. The number of methoxy groups -OCH3 is 2. The highest BCUT2D eigenvalue weighted by atomic mass is 19.1. The molecule has 0 atom stereocenters. The Hall–Kier alpha value is -2.18. The number of fused-ring (bicyclic) bond motifs is 1. The average molecular weight is 225 g/mol. The van der Waals surface area contributed by atoms with E-state index in [9.17, 15) is 9.18 Å². The minimum Gasteiger partial charge on any atom is -0.480 e. The van der Waals surface area contributed by atoms with E-state index in [-0.39, 0.29) is 11.4 Å². The number of carbonyl (C=O) groups excluding carboxylic acids is 1. The molecule has 0 fully saturated rings. The van der Waals surface area contributed by atoms with Crippen molar-refractivity contribution in [2.24, 2.45) is 0 Å². The molecule has 84 valence electrons. The first kappa shape index (κ1) is 10.3. The summed E-state index contributed by atoms with van der Waals surface area (Å²) in [5.74, 6) is -1.73. The second kappa shape index (κ2) is 3.76. The zero-order valence-electron chi connectivity index (χ0n) is 8.60. The van der Waals surface area contributed by atoms with E-state index in [1.165, 1.54) is 31.0 Å². The van der Waals surface area contributed by atoms with Crippen molar-refractivity contribution in [2.45, 2.75) is 0 Å². The molecule has 16 heavy (non-hydrogen) atoms. The maximum Gasteiger partial charge on any atom is 0.341 e. The number of esters is 1. The molecule has 0 aliphatic rings. The van der Waals surface area contributed by atoms with Crippen LogP contribution in [0.5, 0.6) is 5.88 Å². The highest BCUT2D eigenvalue weighted by Crippen LogP contribution is 2.22. The molecule has 2 aromatic heterocycles. The van der Waals surface area contributed by atoms with Gasteiger partial charge in [-0.1, -0.05) is 0 Å². The number of ether oxygens (including phenoxy) is 2. The van der Waals surface area contributed by atoms with Crippen molar-refractivity contribution < 1.29 is 18.7 Å². The van der Waals surface area contributed by atoms with Gasteiger partial charge in [0.05, 0.1) is 14.2 Å². The van der Waals surface area contributed by atoms with E-state index >= 15 is 0 Å². The Labute approximate surface area is 89.6 Å². The highest BCUT2D eigenvalue weighted by molar-refractivity contribution is 5.91. The monoisotopic (exact) mass is 225 g/mol. The Kier molecular flexibility index (Phi) is 2.43. The van der Waals surface area contributed by atoms with Crippen LogP contribution in [0.4, 0.5) is 4.39 Å². The fraction of sp³-hybridized carbons (Fsp3) is 0.222. The van der Waals surface area contributed by atoms with Crippen LogP contribution >= 0.6 is 0 Å². The number of hydrogen-bond donors (Lipinski definition) is 0. The third-order valence-corrected chi connectivity index (χ3v) is 2.09. The summed E-state index contributed by atoms with van der Waals surface area (Å²) in [5.41, 5.74) is 0.0681. The second-order valence-electron chi connectivity index (χ2n) is 2.93. The van der Waals surface area contributed by atoms with Crippen LogP contribution in [0.15, 0.2) is 12.4 Å². The molecule has 0 spiro atoms. The van der Waals surface area contributed by atoms with Crippen LogP contribution in [-0.2, 0) is 4.74 Å². The van der Waals surface area contributed by atoms with Crippen LogP contribution in [-0.4, -0.2) is 34.8 Å². The van der Waals surface area contributed by atoms with Gasteiger partial charge in [0.1, 0.15) is 11.9 Å². The second-order valence-corrected chi connectivity index (χ2v) is 2.93. The van der Waals surface area contributed by atoms with Gasteiger partial charge < -0.3 is 9.47 Å². The summed E-state index contributed by atoms with van der Waals surface area (Å²) in [7, 11) is 2.46. The molecule has 0 aliphatic heterocycles. The first-order valence-corrected chi connectivity index (χ1v) is 4.33. The molecular formula is C9H8FN3O3. The summed E-state index contributed by atoms with van der Waals surface area (Å²) in [5, 5.41) is 7.30. The van der Waals surface area contributed by atoms with Crippen LogP contribution < -0.4 is 4.74 Å². The summed E-state index contributed by atoms with van der Waals surface area (Å²) in [6.45, 7) is 0. The van der Waals surface area contributed by atoms with E-state index in [4.69, 9.17) is 4.74 Å². The van der Waals surface area contributed by atoms with Gasteiger partial charge in [0.2, 0.25) is 5.88 Å². The Morgan fingerprint density at radius 2 is 2.25 bits per heavy atom. The van der Waals surface area contributed by atoms with Gasteiger partial charge in [0, 0.05) is 6.07 Å². The van der Waals surface area contributed by atoms with Crippen molar-refractivity contribution in [3.05, 3.63) is 23.8 Å². The fourth-order valence-corrected chi connectivity index (χ4v) is 1.36. The zero-order chi connectivity index (χ0) is 11.7. The third-order valence-electron chi connectivity index (χ3n) is 2.09. The average Bonchev–Trinajstić information content (AvgIpc) is 2.75. The van der Waals surface area contributed by atoms with Gasteiger partial charge in [-0.2, -0.15) is 0 Å². The number of nitrogens with zero attached hydrogens (tertiary/aromatic N) is 3. The summed E-state index contributed by atoms with van der Waals surface area (Å²) >= 11 is 0. The number of aromatic nitrogens is 3. The molecule has 0 radical (unpaired) electrons. The molecule has 0 aliphatic carbocycles. The molecule has 0 saturated heterocycles. The molecule has 0 saturated carbocycles. The molecule has 0 aromatic carbocycles. The van der Waals surface area contributed by atoms with Crippen LogP contribution in [0.3, 0.4) is 0 Å². The van der Waals surface area contributed by atoms with E-state index in [0.29, 0.717) is 5.65 Å². The number of hydrogen-bond acceptors (Lipinski definition) is 5. The molecule has 2 aromatic rings. The lowest BCUT2D eigenvalue weighted by molar-refractivity contribution is 0.0594. The van der Waals surface area contributed by atoms with Crippen LogP contribution in [0.25, 0.3) is 5.65 Å². The van der Waals surface area contributed by atoms with Gasteiger partial charge >= 0.3 is 5.97 Å². The van der Waals surface area contributed by atoms with Crippen molar-refractivity contribution in [3.63, 3.8) is 0 Å². The number of rotatable bonds is 2. The molecule has 0 amide bonds. The van der Waals surface area contributed by atoms with E-state index in [0.717, 1.165) is 0 Å². The van der Waals surface area contributed by atoms with Crippen molar-refractivity contribution in [1.82, 2.24) is 14.6 Å². The quantitative estimate of drug-likeness (QED) is 0.702. The summed E-state index contributed by atoms with van der Waals surface area (Å²) in [6.07, 6.45) is 1.29. The lowest BCUT2D eigenvalue weighted by atomic mass is 10.2. The van der Waals surface area contributed by atoms with E-state index in [2.05, 4.69) is 14.9 Å². The van der Waals surface area contributed by atoms with Crippen molar-refractivity contribution in [1.29, 1.82) is 0 Å². The van der Waals surface area contributed by atoms with Crippen molar-refractivity contribution >= 4 is 11.6 Å². The first-order valence-electron chi connectivity index (χ1n) is 4.33. The maximum atomic E-state index is 13.8. The minimum atomic E-state index is -0.804. The van der Waals surface area contributed by atoms with E-state index in [1.807, 2.05) is 0 Å². The molecule has 0 bridgehead atoms. The minimum absolute atomic E-state index is 0.136. The van der Waals surface area contributed by atoms with Crippen molar-refractivity contribution in [3.8, 4) is 5.88 Å². The highest BCUT2D eigenvalue weighted by Gasteiger charge is 2.20. The predicted molar refractivity (Wildman–Crippen MR) is 50.8 cm³/mol. The standard InChI is InChI=1S/C9H8FN3O3/c1-15-8-7(10)5(9(14)16-2)3-6-12-11-4-13(6)8/h3-4H,1-2H3. The normalized spacial score (nSPS) is 10.4. The van der Waals surface area contributed by atoms with Gasteiger partial charge in [0.25, 0.3) is 0 Å². The molecule has 6 nitrogen and oxygen atoms in total. The van der Waals surface area contributed by atoms with Crippen molar-refractivity contribution in [2.75, 3.05) is 14.2 Å². The van der Waals surface area contributed by atoms with E-state index in [1.54, 1.807) is 0 Å². The zero-order valence-corrected chi connectivity index (χ0v) is 8.60. The summed E-state index contributed by atoms with van der Waals surface area (Å²) < 4.78 is 24.4. The number of pyridine rings is 1. The van der Waals surface area contributed by atoms with Crippen LogP contribution in [0.1, 0.15) is 10.4 Å². The Balaban J connectivity index is 2.76. The maximum absolute atomic E-state index is 13.8. The smallest absolute Gasteiger partial charge is 0.341 e. The summed E-state index contributed by atoms with van der Waals surface area (Å²) in [4.78, 5) is 11.3. The van der Waals surface area contributed by atoms with E-state index < -0.39 is 11.8 Å². The molecule has 7 heteroatoms. The fourth-order valence-electron chi connectivity index (χ4n) is 1.36. The topological polar surface area (TPSA) is 65.7 Å². The SMILES string of the molecule is COC(=O)c1cc2nncn2c(OC)c1F. The predicted octanol–water partition coefficient (Wildman–Crippen LogP) is 0.664. The largest absolute Gasteiger partial charge is 0.480 e. The lowest BCUT2D eigenvalue weighted by Gasteiger charge is -2.07. The van der Waals surface area contributed by atoms with Gasteiger partial charge in [-0.25, -0.2) is 13.6 Å². The molecule has 0 unspecified atom stereocenters. The number of halogens is 1. The Morgan fingerprint density at radius 3 is 2.88 bits per heavy atom. The molecule has 2 rings (SSSR count). The molecular weight excluding hydrogens is 217 g/mol. The van der Waals surface area contributed by atoms with Crippen LogP contribution in [0.2, 0.25) is 0 Å². The van der Waals surface area contributed by atoms with Gasteiger partial charge in [-0.05, 0) is 0 Å². The number of carbonyl (C=O) groups is 1. The van der Waals surface area contributed by atoms with Gasteiger partial charge in [0.15, 0.2) is 11.5 Å². The molecule has 0 N–H and O–H groups in total. The third kappa shape index (κ3) is 1.37. The first-order chi connectivity index (χ1) is 7.69. The van der Waals surface area contributed by atoms with Gasteiger partial charge in [-0.15, -0.1) is 10.2 Å². The molecule has 2 heterocycles. The van der Waals surface area contributed by atoms with Crippen LogP contribution in [0, 0.1) is 5.82 Å². The summed E-state index contributed by atoms with van der Waals surface area (Å²) in [6, 6.07) is 1.25.